The van der Waals surface area contributed by atoms with Crippen LogP contribution in [-0.4, -0.2) is 37.9 Å². The highest BCUT2D eigenvalue weighted by Crippen LogP contribution is 2.14. The summed E-state index contributed by atoms with van der Waals surface area (Å²) in [5.74, 6) is -0.469. The molecule has 0 aromatic rings. The molecule has 0 rings (SSSR count). The maximum atomic E-state index is 12.9. The van der Waals surface area contributed by atoms with Gasteiger partial charge in [-0.1, -0.05) is 237 Å². The van der Waals surface area contributed by atoms with Crippen molar-refractivity contribution in [3.63, 3.8) is 0 Å². The van der Waals surface area contributed by atoms with Crippen LogP contribution < -0.4 is 0 Å². The molecule has 406 valence electrons. The number of carbonyl (C=O) groups excluding carboxylic acids is 2. The standard InChI is InChI=1S/C67H108O5/c1-4-7-10-13-16-19-22-25-28-31-33-35-38-41-44-47-50-53-56-59-62-70-63-65(72-67(69)61-58-55-52-49-46-43-40-36-30-27-24-21-18-15-12-9-6-3)64-71-66(68)60-57-54-51-48-45-42-39-37-34-32-29-26-23-20-17-14-11-8-5-2/h7,9-10,12,16-21,25-30,33,35,40-41,43-44,50,53,65H,4-6,8,11,13-15,22-24,31-32,34,36-39,42,45-49,51-52,54-64H2,1-3H3/b10-7-,12-9-,19-16-,20-17-,21-18-,28-25-,29-26-,30-27-,35-33-,43-40-,44-41-,53-50-. The van der Waals surface area contributed by atoms with E-state index >= 15 is 0 Å². The lowest BCUT2D eigenvalue weighted by Gasteiger charge is -2.18. The zero-order chi connectivity index (χ0) is 52.0. The van der Waals surface area contributed by atoms with E-state index in [0.717, 1.165) is 135 Å². The summed E-state index contributed by atoms with van der Waals surface area (Å²) in [6, 6.07) is 0. The maximum Gasteiger partial charge on any atom is 0.306 e. The van der Waals surface area contributed by atoms with Gasteiger partial charge in [0.15, 0.2) is 6.10 Å². The molecule has 72 heavy (non-hydrogen) atoms. The zero-order valence-electron chi connectivity index (χ0n) is 46.6. The molecule has 0 aliphatic rings. The summed E-state index contributed by atoms with van der Waals surface area (Å²) < 4.78 is 17.4. The molecule has 0 radical (unpaired) electrons. The lowest BCUT2D eigenvalue weighted by atomic mass is 10.1. The normalized spacial score (nSPS) is 13.3. The Morgan fingerprint density at radius 2 is 0.625 bits per heavy atom. The molecule has 0 amide bonds. The Kier molecular flexibility index (Phi) is 57.5. The highest BCUT2D eigenvalue weighted by atomic mass is 16.6. The molecular weight excluding hydrogens is 885 g/mol. The highest BCUT2D eigenvalue weighted by molar-refractivity contribution is 5.70. The minimum Gasteiger partial charge on any atom is -0.462 e. The minimum atomic E-state index is -0.594. The predicted octanol–water partition coefficient (Wildman–Crippen LogP) is 20.5. The van der Waals surface area contributed by atoms with Crippen molar-refractivity contribution in [2.24, 2.45) is 0 Å². The quantitative estimate of drug-likeness (QED) is 0.0345. The van der Waals surface area contributed by atoms with Crippen LogP contribution in [0.2, 0.25) is 0 Å². The molecule has 0 aliphatic carbocycles. The molecule has 0 saturated heterocycles. The number of hydrogen-bond donors (Lipinski definition) is 0. The Balaban J connectivity index is 4.46. The fraction of sp³-hybridized carbons (Fsp3) is 0.612. The molecule has 0 saturated carbocycles. The van der Waals surface area contributed by atoms with Crippen LogP contribution in [0, 0.1) is 0 Å². The van der Waals surface area contributed by atoms with Gasteiger partial charge in [-0.25, -0.2) is 0 Å². The van der Waals surface area contributed by atoms with Gasteiger partial charge in [-0.3, -0.25) is 9.59 Å². The SMILES string of the molecule is CC/C=C\C/C=C\C/C=C\C/C=C\C/C=C\C/C=C\CCCOCC(COC(=O)CCCCCCCCCCC/C=C\C/C=C\CCCCC)OC(=O)CCCCCC/C=C\C/C=C\C/C=C\C/C=C\CC. The second-order valence-electron chi connectivity index (χ2n) is 18.8. The fourth-order valence-corrected chi connectivity index (χ4v) is 7.55. The van der Waals surface area contributed by atoms with Gasteiger partial charge in [0.1, 0.15) is 6.61 Å². The van der Waals surface area contributed by atoms with Crippen molar-refractivity contribution in [1.82, 2.24) is 0 Å². The lowest BCUT2D eigenvalue weighted by molar-refractivity contribution is -0.163. The van der Waals surface area contributed by atoms with Gasteiger partial charge >= 0.3 is 11.9 Å². The monoisotopic (exact) mass is 993 g/mol. The predicted molar refractivity (Wildman–Crippen MR) is 315 cm³/mol. The van der Waals surface area contributed by atoms with Gasteiger partial charge in [-0.2, -0.15) is 0 Å². The summed E-state index contributed by atoms with van der Waals surface area (Å²) in [4.78, 5) is 25.6. The molecule has 0 aromatic carbocycles. The summed E-state index contributed by atoms with van der Waals surface area (Å²) in [6.45, 7) is 7.39. The van der Waals surface area contributed by atoms with E-state index in [9.17, 15) is 9.59 Å². The molecule has 5 heteroatoms. The first-order chi connectivity index (χ1) is 35.6. The number of hydrogen-bond acceptors (Lipinski definition) is 5. The molecule has 0 spiro atoms. The molecule has 0 N–H and O–H groups in total. The van der Waals surface area contributed by atoms with Crippen LogP contribution in [0.4, 0.5) is 0 Å². The Hall–Kier alpha value is -4.22. The Labute approximate surface area is 444 Å². The van der Waals surface area contributed by atoms with Crippen LogP contribution in [0.5, 0.6) is 0 Å². The van der Waals surface area contributed by atoms with Crippen molar-refractivity contribution in [2.45, 2.75) is 245 Å². The Morgan fingerprint density at radius 1 is 0.319 bits per heavy atom. The molecular formula is C67H108O5. The molecule has 1 unspecified atom stereocenters. The van der Waals surface area contributed by atoms with Crippen LogP contribution in [0.3, 0.4) is 0 Å². The first kappa shape index (κ1) is 67.8. The van der Waals surface area contributed by atoms with Gasteiger partial charge in [0.2, 0.25) is 0 Å². The lowest BCUT2D eigenvalue weighted by Crippen LogP contribution is -2.30. The molecule has 0 heterocycles. The van der Waals surface area contributed by atoms with Gasteiger partial charge in [0.05, 0.1) is 6.61 Å². The van der Waals surface area contributed by atoms with Crippen LogP contribution in [0.1, 0.15) is 239 Å². The summed E-state index contributed by atoms with van der Waals surface area (Å²) >= 11 is 0. The van der Waals surface area contributed by atoms with E-state index in [1.54, 1.807) is 0 Å². The van der Waals surface area contributed by atoms with Crippen molar-refractivity contribution in [3.05, 3.63) is 146 Å². The number of esters is 2. The Bertz CT molecular complexity index is 1540. The third-order valence-electron chi connectivity index (χ3n) is 11.8. The number of allylic oxidation sites excluding steroid dienone is 24. The largest absolute Gasteiger partial charge is 0.462 e. The van der Waals surface area contributed by atoms with E-state index in [1.807, 2.05) is 0 Å². The first-order valence-corrected chi connectivity index (χ1v) is 29.4. The van der Waals surface area contributed by atoms with Crippen molar-refractivity contribution < 1.29 is 23.8 Å². The van der Waals surface area contributed by atoms with E-state index in [4.69, 9.17) is 14.2 Å². The third-order valence-corrected chi connectivity index (χ3v) is 11.8. The van der Waals surface area contributed by atoms with Crippen LogP contribution in [-0.2, 0) is 23.8 Å². The van der Waals surface area contributed by atoms with Crippen molar-refractivity contribution >= 4 is 11.9 Å². The Morgan fingerprint density at radius 3 is 1.00 bits per heavy atom. The van der Waals surface area contributed by atoms with Crippen LogP contribution >= 0.6 is 0 Å². The minimum absolute atomic E-state index is 0.0402. The number of ether oxygens (including phenoxy) is 3. The smallest absolute Gasteiger partial charge is 0.306 e. The van der Waals surface area contributed by atoms with E-state index in [2.05, 4.69) is 167 Å². The van der Waals surface area contributed by atoms with E-state index in [1.165, 1.54) is 70.6 Å². The van der Waals surface area contributed by atoms with Crippen LogP contribution in [0.25, 0.3) is 0 Å². The van der Waals surface area contributed by atoms with Gasteiger partial charge in [-0.15, -0.1) is 0 Å². The fourth-order valence-electron chi connectivity index (χ4n) is 7.55. The zero-order valence-corrected chi connectivity index (χ0v) is 46.6. The first-order valence-electron chi connectivity index (χ1n) is 29.4. The molecule has 5 nitrogen and oxygen atoms in total. The molecule has 0 aliphatic heterocycles. The summed E-state index contributed by atoms with van der Waals surface area (Å²) in [5, 5.41) is 0. The maximum absolute atomic E-state index is 12.9. The van der Waals surface area contributed by atoms with Gasteiger partial charge in [0, 0.05) is 19.4 Å². The van der Waals surface area contributed by atoms with Crippen LogP contribution in [0.15, 0.2) is 146 Å². The van der Waals surface area contributed by atoms with Crippen molar-refractivity contribution in [1.29, 1.82) is 0 Å². The van der Waals surface area contributed by atoms with Gasteiger partial charge < -0.3 is 14.2 Å². The molecule has 0 fully saturated rings. The highest BCUT2D eigenvalue weighted by Gasteiger charge is 2.17. The summed E-state index contributed by atoms with van der Waals surface area (Å²) in [7, 11) is 0. The van der Waals surface area contributed by atoms with Crippen molar-refractivity contribution in [2.75, 3.05) is 19.8 Å². The number of unbranched alkanes of at least 4 members (excludes halogenated alkanes) is 17. The molecule has 0 bridgehead atoms. The average Bonchev–Trinajstić information content (AvgIpc) is 3.38. The van der Waals surface area contributed by atoms with E-state index < -0.39 is 6.10 Å². The van der Waals surface area contributed by atoms with Gasteiger partial charge in [0.25, 0.3) is 0 Å². The molecule has 0 aromatic heterocycles. The topological polar surface area (TPSA) is 61.8 Å². The van der Waals surface area contributed by atoms with Gasteiger partial charge in [-0.05, 0) is 135 Å². The van der Waals surface area contributed by atoms with E-state index in [0.29, 0.717) is 19.4 Å². The number of rotatable bonds is 52. The number of carbonyl (C=O) groups is 2. The third kappa shape index (κ3) is 58.4. The summed E-state index contributed by atoms with van der Waals surface area (Å²) in [5.41, 5.74) is 0. The van der Waals surface area contributed by atoms with Crippen molar-refractivity contribution in [3.8, 4) is 0 Å². The second-order valence-corrected chi connectivity index (χ2v) is 18.8. The second kappa shape index (κ2) is 61.1. The average molecular weight is 994 g/mol. The van der Waals surface area contributed by atoms with E-state index in [-0.39, 0.29) is 25.2 Å². The molecule has 1 atom stereocenters. The summed E-state index contributed by atoms with van der Waals surface area (Å²) in [6.07, 6.45) is 88.8.